The van der Waals surface area contributed by atoms with Crippen LogP contribution in [0, 0.1) is 6.92 Å². The van der Waals surface area contributed by atoms with Crippen LogP contribution in [-0.4, -0.2) is 47.4 Å². The summed E-state index contributed by atoms with van der Waals surface area (Å²) in [7, 11) is 0. The molecule has 2 aromatic rings. The number of likely N-dealkylation sites (tertiary alicyclic amines) is 1. The standard InChI is InChI=1S/C18H24N4O3/c1-14-18(21-25-20-14)24-12-9-19-17(23)16-7-5-15(6-8-16)13-22-10-3-2-4-11-22/h5-8H,2-4,9-13H2,1H3,(H,19,23). The Bertz CT molecular complexity index is 678. The third kappa shape index (κ3) is 5.03. The minimum atomic E-state index is -0.108. The Hall–Kier alpha value is -2.41. The Morgan fingerprint density at radius 3 is 2.64 bits per heavy atom. The normalized spacial score (nSPS) is 15.1. The number of carbonyl (C=O) groups excluding carboxylic acids is 1. The summed E-state index contributed by atoms with van der Waals surface area (Å²) in [5.41, 5.74) is 2.49. The van der Waals surface area contributed by atoms with Gasteiger partial charge in [-0.3, -0.25) is 9.69 Å². The lowest BCUT2D eigenvalue weighted by Gasteiger charge is -2.26. The van der Waals surface area contributed by atoms with E-state index < -0.39 is 0 Å². The second kappa shape index (κ2) is 8.62. The summed E-state index contributed by atoms with van der Waals surface area (Å²) in [6.07, 6.45) is 3.91. The molecule has 0 radical (unpaired) electrons. The molecular formula is C18H24N4O3. The molecule has 1 aromatic heterocycles. The zero-order valence-electron chi connectivity index (χ0n) is 14.5. The van der Waals surface area contributed by atoms with Crippen molar-refractivity contribution < 1.29 is 14.2 Å². The molecule has 7 nitrogen and oxygen atoms in total. The molecule has 1 fully saturated rings. The topological polar surface area (TPSA) is 80.5 Å². The van der Waals surface area contributed by atoms with Crippen LogP contribution >= 0.6 is 0 Å². The van der Waals surface area contributed by atoms with Gasteiger partial charge in [0.1, 0.15) is 12.3 Å². The van der Waals surface area contributed by atoms with Crippen LogP contribution in [0.1, 0.15) is 40.9 Å². The summed E-state index contributed by atoms with van der Waals surface area (Å²) in [5.74, 6) is 0.249. The number of nitrogens with zero attached hydrogens (tertiary/aromatic N) is 3. The van der Waals surface area contributed by atoms with E-state index in [0.29, 0.717) is 30.3 Å². The zero-order chi connectivity index (χ0) is 17.5. The maximum atomic E-state index is 12.2. The van der Waals surface area contributed by atoms with E-state index in [2.05, 4.69) is 25.2 Å². The molecule has 0 spiro atoms. The third-order valence-electron chi connectivity index (χ3n) is 4.31. The van der Waals surface area contributed by atoms with E-state index >= 15 is 0 Å². The molecule has 25 heavy (non-hydrogen) atoms. The molecule has 1 saturated heterocycles. The molecule has 0 atom stereocenters. The molecule has 1 N–H and O–H groups in total. The van der Waals surface area contributed by atoms with Crippen LogP contribution in [0.3, 0.4) is 0 Å². The highest BCUT2D eigenvalue weighted by molar-refractivity contribution is 5.94. The van der Waals surface area contributed by atoms with Crippen molar-refractivity contribution in [3.63, 3.8) is 0 Å². The van der Waals surface area contributed by atoms with Crippen LogP contribution in [0.25, 0.3) is 0 Å². The van der Waals surface area contributed by atoms with E-state index in [-0.39, 0.29) is 5.91 Å². The number of nitrogens with one attached hydrogen (secondary N) is 1. The number of carbonyl (C=O) groups is 1. The number of ether oxygens (including phenoxy) is 1. The fourth-order valence-corrected chi connectivity index (χ4v) is 2.91. The van der Waals surface area contributed by atoms with Crippen LogP contribution in [-0.2, 0) is 6.54 Å². The van der Waals surface area contributed by atoms with Crippen molar-refractivity contribution in [1.82, 2.24) is 20.5 Å². The first kappa shape index (κ1) is 17.4. The molecule has 3 rings (SSSR count). The average Bonchev–Trinajstić information content (AvgIpc) is 3.05. The highest BCUT2D eigenvalue weighted by Crippen LogP contribution is 2.14. The number of hydrogen-bond donors (Lipinski definition) is 1. The van der Waals surface area contributed by atoms with Gasteiger partial charge in [0.05, 0.1) is 6.54 Å². The monoisotopic (exact) mass is 344 g/mol. The van der Waals surface area contributed by atoms with Crippen molar-refractivity contribution in [1.29, 1.82) is 0 Å². The molecule has 1 aliphatic heterocycles. The lowest BCUT2D eigenvalue weighted by Crippen LogP contribution is -2.29. The van der Waals surface area contributed by atoms with Crippen LogP contribution in [0.15, 0.2) is 28.9 Å². The van der Waals surface area contributed by atoms with Crippen molar-refractivity contribution in [3.8, 4) is 5.88 Å². The van der Waals surface area contributed by atoms with E-state index in [0.717, 1.165) is 6.54 Å². The first-order chi connectivity index (χ1) is 12.2. The molecule has 0 saturated carbocycles. The predicted molar refractivity (Wildman–Crippen MR) is 92.4 cm³/mol. The van der Waals surface area contributed by atoms with E-state index in [9.17, 15) is 4.79 Å². The number of amides is 1. The van der Waals surface area contributed by atoms with Gasteiger partial charge < -0.3 is 10.1 Å². The summed E-state index contributed by atoms with van der Waals surface area (Å²) in [5, 5.41) is 10.1. The average molecular weight is 344 g/mol. The van der Waals surface area contributed by atoms with E-state index in [1.54, 1.807) is 6.92 Å². The zero-order valence-corrected chi connectivity index (χ0v) is 14.5. The van der Waals surface area contributed by atoms with Gasteiger partial charge in [-0.1, -0.05) is 23.7 Å². The van der Waals surface area contributed by atoms with Crippen LogP contribution in [0.4, 0.5) is 0 Å². The Balaban J connectivity index is 1.41. The molecule has 0 unspecified atom stereocenters. The molecule has 1 aliphatic rings. The van der Waals surface area contributed by atoms with Gasteiger partial charge in [-0.05, 0) is 55.7 Å². The maximum Gasteiger partial charge on any atom is 0.278 e. The number of aromatic nitrogens is 2. The second-order valence-electron chi connectivity index (χ2n) is 6.29. The summed E-state index contributed by atoms with van der Waals surface area (Å²) >= 11 is 0. The quantitative estimate of drug-likeness (QED) is 0.776. The van der Waals surface area contributed by atoms with Gasteiger partial charge in [0, 0.05) is 12.1 Å². The Labute approximate surface area is 147 Å². The second-order valence-corrected chi connectivity index (χ2v) is 6.29. The fraction of sp³-hybridized carbons (Fsp3) is 0.500. The molecular weight excluding hydrogens is 320 g/mol. The van der Waals surface area contributed by atoms with E-state index in [1.165, 1.54) is 37.9 Å². The summed E-state index contributed by atoms with van der Waals surface area (Å²) < 4.78 is 9.92. The van der Waals surface area contributed by atoms with Crippen molar-refractivity contribution >= 4 is 5.91 Å². The number of benzene rings is 1. The van der Waals surface area contributed by atoms with Gasteiger partial charge in [0.25, 0.3) is 11.8 Å². The number of rotatable bonds is 7. The summed E-state index contributed by atoms with van der Waals surface area (Å²) in [4.78, 5) is 14.6. The summed E-state index contributed by atoms with van der Waals surface area (Å²) in [6.45, 7) is 5.75. The van der Waals surface area contributed by atoms with Crippen LogP contribution in [0.5, 0.6) is 5.88 Å². The Morgan fingerprint density at radius 1 is 1.20 bits per heavy atom. The Kier molecular flexibility index (Phi) is 6.00. The lowest BCUT2D eigenvalue weighted by molar-refractivity contribution is 0.0946. The number of piperidine rings is 1. The van der Waals surface area contributed by atoms with Gasteiger partial charge in [0.2, 0.25) is 0 Å². The number of aryl methyl sites for hydroxylation is 1. The molecule has 0 bridgehead atoms. The van der Waals surface area contributed by atoms with E-state index in [4.69, 9.17) is 4.74 Å². The molecule has 7 heteroatoms. The molecule has 0 aliphatic carbocycles. The molecule has 1 aromatic carbocycles. The van der Waals surface area contributed by atoms with Crippen molar-refractivity contribution in [2.45, 2.75) is 32.7 Å². The molecule has 2 heterocycles. The predicted octanol–water partition coefficient (Wildman–Crippen LogP) is 2.17. The minimum absolute atomic E-state index is 0.108. The van der Waals surface area contributed by atoms with Gasteiger partial charge in [-0.25, -0.2) is 4.63 Å². The minimum Gasteiger partial charge on any atom is -0.472 e. The largest absolute Gasteiger partial charge is 0.472 e. The summed E-state index contributed by atoms with van der Waals surface area (Å²) in [6, 6.07) is 7.82. The number of hydrogen-bond acceptors (Lipinski definition) is 6. The highest BCUT2D eigenvalue weighted by atomic mass is 16.6. The third-order valence-corrected chi connectivity index (χ3v) is 4.31. The lowest BCUT2D eigenvalue weighted by atomic mass is 10.1. The van der Waals surface area contributed by atoms with Crippen molar-refractivity contribution in [2.24, 2.45) is 0 Å². The van der Waals surface area contributed by atoms with Gasteiger partial charge >= 0.3 is 0 Å². The van der Waals surface area contributed by atoms with Crippen LogP contribution < -0.4 is 10.1 Å². The smallest absolute Gasteiger partial charge is 0.278 e. The SMILES string of the molecule is Cc1nonc1OCCNC(=O)c1ccc(CN2CCCCC2)cc1. The highest BCUT2D eigenvalue weighted by Gasteiger charge is 2.11. The van der Waals surface area contributed by atoms with Gasteiger partial charge in [-0.2, -0.15) is 0 Å². The van der Waals surface area contributed by atoms with Crippen LogP contribution in [0.2, 0.25) is 0 Å². The maximum absolute atomic E-state index is 12.2. The fourth-order valence-electron chi connectivity index (χ4n) is 2.91. The first-order valence-electron chi connectivity index (χ1n) is 8.74. The van der Waals surface area contributed by atoms with Gasteiger partial charge in [0.15, 0.2) is 0 Å². The van der Waals surface area contributed by atoms with Crippen molar-refractivity contribution in [2.75, 3.05) is 26.2 Å². The van der Waals surface area contributed by atoms with Crippen molar-refractivity contribution in [3.05, 3.63) is 41.1 Å². The van der Waals surface area contributed by atoms with Gasteiger partial charge in [-0.15, -0.1) is 0 Å². The first-order valence-corrected chi connectivity index (χ1v) is 8.74. The molecule has 134 valence electrons. The Morgan fingerprint density at radius 2 is 1.96 bits per heavy atom. The molecule has 1 amide bonds. The van der Waals surface area contributed by atoms with E-state index in [1.807, 2.05) is 24.3 Å².